The van der Waals surface area contributed by atoms with Crippen LogP contribution < -0.4 is 43.8 Å². The van der Waals surface area contributed by atoms with Crippen molar-refractivity contribution in [1.29, 1.82) is 0 Å². The maximum atomic E-state index is 14.9. The first-order chi connectivity index (χ1) is 9.68. The number of pyridine rings is 1. The van der Waals surface area contributed by atoms with Gasteiger partial charge in [0.2, 0.25) is 0 Å². The quantitative estimate of drug-likeness (QED) is 0.468. The molecule has 10 heteroatoms. The summed E-state index contributed by atoms with van der Waals surface area (Å²) in [7, 11) is 16.1. The smallest absolute Gasteiger partial charge is 0.163 e. The summed E-state index contributed by atoms with van der Waals surface area (Å²) in [5.41, 5.74) is 9.80. The second-order valence-corrected chi connectivity index (χ2v) is 6.11. The Labute approximate surface area is 133 Å². The Kier molecular flexibility index (Phi) is 4.28. The molecule has 0 fully saturated rings. The largest absolute Gasteiger partial charge is 0.265 e. The number of halogens is 1. The highest BCUT2D eigenvalue weighted by Gasteiger charge is 2.19. The lowest BCUT2D eigenvalue weighted by Crippen LogP contribution is -2.53. The van der Waals surface area contributed by atoms with Gasteiger partial charge in [-0.25, -0.2) is 4.39 Å². The average Bonchev–Trinajstić information content (AvgIpc) is 2.46. The molecule has 0 radical (unpaired) electrons. The highest BCUT2D eigenvalue weighted by Crippen LogP contribution is 2.11. The van der Waals surface area contributed by atoms with Crippen LogP contribution in [-0.4, -0.2) is 67.8 Å². The van der Waals surface area contributed by atoms with E-state index in [9.17, 15) is 4.39 Å². The van der Waals surface area contributed by atoms with E-state index >= 15 is 0 Å². The zero-order chi connectivity index (χ0) is 16.1. The third kappa shape index (κ3) is 2.43. The fourth-order valence-corrected chi connectivity index (χ4v) is 2.86. The Bertz CT molecular complexity index is 732. The standard InChI is InChI=1S/C11H16B8FN/c12-2-1(9(20)6(16)4(14)3(2)13)10-7(17)5(15)8(18)11(19)21-10/h12-19H2. The lowest BCUT2D eigenvalue weighted by Gasteiger charge is -2.21. The third-order valence-corrected chi connectivity index (χ3v) is 5.15. The summed E-state index contributed by atoms with van der Waals surface area (Å²) in [4.78, 5) is 4.70. The monoisotopic (exact) mass is 269 g/mol. The van der Waals surface area contributed by atoms with Crippen LogP contribution in [0, 0.1) is 5.82 Å². The molecule has 96 valence electrons. The van der Waals surface area contributed by atoms with Crippen molar-refractivity contribution in [3.8, 4) is 11.3 Å². The van der Waals surface area contributed by atoms with Crippen molar-refractivity contribution in [3.05, 3.63) is 5.82 Å². The predicted molar refractivity (Wildman–Crippen MR) is 115 cm³/mol. The first-order valence-corrected chi connectivity index (χ1v) is 7.39. The zero-order valence-electron chi connectivity index (χ0n) is 14.3. The highest BCUT2D eigenvalue weighted by molar-refractivity contribution is 6.65. The molecule has 0 aliphatic rings. The van der Waals surface area contributed by atoms with Crippen LogP contribution >= 0.6 is 0 Å². The number of hydrogen-bond donors (Lipinski definition) is 0. The summed E-state index contributed by atoms with van der Waals surface area (Å²) in [6.45, 7) is 0. The second-order valence-electron chi connectivity index (χ2n) is 6.11. The van der Waals surface area contributed by atoms with Crippen molar-refractivity contribution in [2.45, 2.75) is 0 Å². The van der Waals surface area contributed by atoms with Gasteiger partial charge in [-0.05, 0) is 5.59 Å². The molecule has 0 aliphatic carbocycles. The van der Waals surface area contributed by atoms with Gasteiger partial charge in [0.1, 0.15) is 60.7 Å². The van der Waals surface area contributed by atoms with E-state index in [1.165, 1.54) is 10.9 Å². The number of benzene rings is 1. The van der Waals surface area contributed by atoms with Crippen LogP contribution in [-0.2, 0) is 0 Å². The van der Waals surface area contributed by atoms with Crippen molar-refractivity contribution in [2.75, 3.05) is 0 Å². The lowest BCUT2D eigenvalue weighted by atomic mass is 9.63. The van der Waals surface area contributed by atoms with Gasteiger partial charge in [-0.2, -0.15) is 0 Å². The molecule has 0 spiro atoms. The summed E-state index contributed by atoms with van der Waals surface area (Å²) in [5.74, 6) is -0.131. The SMILES string of the molecule is Bc1nc(-c2c(B)c(B)c(B)c(B)c2F)c(B)c(B)c1B. The van der Waals surface area contributed by atoms with Crippen LogP contribution in [0.4, 0.5) is 4.39 Å². The molecule has 0 aliphatic heterocycles. The van der Waals surface area contributed by atoms with E-state index in [1.54, 1.807) is 0 Å². The molecule has 0 amide bonds. The molecule has 2 rings (SSSR count). The van der Waals surface area contributed by atoms with Crippen LogP contribution in [0.1, 0.15) is 0 Å². The van der Waals surface area contributed by atoms with Gasteiger partial charge in [0.25, 0.3) is 0 Å². The maximum Gasteiger partial charge on any atom is 0.163 e. The summed E-state index contributed by atoms with van der Waals surface area (Å²) in [6.07, 6.45) is 0. The molecule has 1 heterocycles. The molecule has 0 N–H and O–H groups in total. The van der Waals surface area contributed by atoms with Crippen LogP contribution in [0.15, 0.2) is 0 Å². The molecular formula is C11H16B8FN. The Balaban J connectivity index is 2.93. The highest BCUT2D eigenvalue weighted by atomic mass is 19.1. The van der Waals surface area contributed by atoms with Gasteiger partial charge in [-0.1, -0.05) is 32.8 Å². The van der Waals surface area contributed by atoms with Gasteiger partial charge in [0, 0.05) is 5.56 Å². The molecule has 0 saturated heterocycles. The minimum Gasteiger partial charge on any atom is -0.265 e. The molecule has 1 aromatic heterocycles. The van der Waals surface area contributed by atoms with E-state index in [4.69, 9.17) is 4.98 Å². The Hall–Kier alpha value is -1.18. The third-order valence-electron chi connectivity index (χ3n) is 5.15. The molecule has 0 bridgehead atoms. The van der Waals surface area contributed by atoms with Gasteiger partial charge >= 0.3 is 0 Å². The first kappa shape index (κ1) is 16.2. The van der Waals surface area contributed by atoms with E-state index in [0.29, 0.717) is 5.56 Å². The molecule has 0 saturated carbocycles. The molecule has 21 heavy (non-hydrogen) atoms. The van der Waals surface area contributed by atoms with Crippen LogP contribution in [0.2, 0.25) is 0 Å². The average molecular weight is 268 g/mol. The van der Waals surface area contributed by atoms with Crippen LogP contribution in [0.3, 0.4) is 0 Å². The minimum absolute atomic E-state index is 0.131. The van der Waals surface area contributed by atoms with Crippen LogP contribution in [0.5, 0.6) is 0 Å². The normalized spacial score (nSPS) is 10.7. The Morgan fingerprint density at radius 2 is 1.05 bits per heavy atom. The maximum absolute atomic E-state index is 14.9. The molecule has 1 aromatic carbocycles. The summed E-state index contributed by atoms with van der Waals surface area (Å²) in [6, 6.07) is 0. The summed E-state index contributed by atoms with van der Waals surface area (Å²) >= 11 is 0. The zero-order valence-corrected chi connectivity index (χ0v) is 14.3. The molecule has 1 nitrogen and oxygen atoms in total. The van der Waals surface area contributed by atoms with Crippen molar-refractivity contribution >= 4 is 107 Å². The van der Waals surface area contributed by atoms with Gasteiger partial charge in [0.05, 0.1) is 5.69 Å². The van der Waals surface area contributed by atoms with Crippen molar-refractivity contribution < 1.29 is 4.39 Å². The Morgan fingerprint density at radius 1 is 0.571 bits per heavy atom. The summed E-state index contributed by atoms with van der Waals surface area (Å²) < 4.78 is 14.9. The van der Waals surface area contributed by atoms with Crippen LogP contribution in [0.25, 0.3) is 11.3 Å². The van der Waals surface area contributed by atoms with E-state index < -0.39 is 0 Å². The number of nitrogens with zero attached hydrogens (tertiary/aromatic N) is 1. The number of rotatable bonds is 1. The van der Waals surface area contributed by atoms with Gasteiger partial charge in [-0.3, -0.25) is 4.98 Å². The fraction of sp³-hybridized carbons (Fsp3) is 0. The lowest BCUT2D eigenvalue weighted by molar-refractivity contribution is 0.641. The van der Waals surface area contributed by atoms with E-state index in [2.05, 4.69) is 23.5 Å². The summed E-state index contributed by atoms with van der Waals surface area (Å²) in [5, 5.41) is 0. The molecule has 2 aromatic rings. The Morgan fingerprint density at radius 3 is 1.62 bits per heavy atom. The van der Waals surface area contributed by atoms with Gasteiger partial charge in [0.15, 0.2) is 7.85 Å². The second kappa shape index (κ2) is 5.55. The van der Waals surface area contributed by atoms with E-state index in [-0.39, 0.29) is 5.82 Å². The fourth-order valence-electron chi connectivity index (χ4n) is 2.86. The van der Waals surface area contributed by atoms with Gasteiger partial charge in [-0.15, -0.1) is 5.46 Å². The van der Waals surface area contributed by atoms with Gasteiger partial charge < -0.3 is 0 Å². The first-order valence-electron chi connectivity index (χ1n) is 7.39. The minimum atomic E-state index is -0.131. The predicted octanol–water partition coefficient (Wildman–Crippen LogP) is -11.0. The van der Waals surface area contributed by atoms with E-state index in [0.717, 1.165) is 38.6 Å². The molecule has 0 unspecified atom stereocenters. The molecule has 0 atom stereocenters. The number of aromatic nitrogens is 1. The molecular weight excluding hydrogens is 252 g/mol. The van der Waals surface area contributed by atoms with E-state index in [1.807, 2.05) is 39.2 Å². The van der Waals surface area contributed by atoms with Crippen molar-refractivity contribution in [2.24, 2.45) is 0 Å². The topological polar surface area (TPSA) is 12.9 Å². The number of hydrogen-bond acceptors (Lipinski definition) is 1. The van der Waals surface area contributed by atoms with Crippen molar-refractivity contribution in [3.63, 3.8) is 0 Å². The van der Waals surface area contributed by atoms with Crippen molar-refractivity contribution in [1.82, 2.24) is 4.98 Å².